The van der Waals surface area contributed by atoms with Crippen molar-refractivity contribution in [3.8, 4) is 11.5 Å². The number of para-hydroxylation sites is 2. The molecular formula is C20H22N6. The zero-order valence-electron chi connectivity index (χ0n) is 15.3. The Morgan fingerprint density at radius 1 is 1.00 bits per heavy atom. The van der Waals surface area contributed by atoms with Crippen LogP contribution < -0.4 is 0 Å². The Morgan fingerprint density at radius 2 is 1.85 bits per heavy atom. The standard InChI is InChI=1S/C20H22N6/c1-14(2)19-21-10-8-16(24-19)20-22-11-13-26(20)12-9-18-23-15-6-4-5-7-17(15)25(18)3/h4-8,10-11,13-14H,9,12H2,1-3H3. The van der Waals surface area contributed by atoms with Gasteiger partial charge in [0.2, 0.25) is 0 Å². The fraction of sp³-hybridized carbons (Fsp3) is 0.300. The molecule has 0 bridgehead atoms. The van der Waals surface area contributed by atoms with Gasteiger partial charge in [-0.2, -0.15) is 0 Å². The average Bonchev–Trinajstić information content (AvgIpc) is 3.25. The van der Waals surface area contributed by atoms with Crippen molar-refractivity contribution < 1.29 is 0 Å². The summed E-state index contributed by atoms with van der Waals surface area (Å²) in [7, 11) is 2.07. The molecule has 0 aliphatic rings. The van der Waals surface area contributed by atoms with Crippen LogP contribution in [0, 0.1) is 0 Å². The van der Waals surface area contributed by atoms with Crippen LogP contribution in [0.4, 0.5) is 0 Å². The summed E-state index contributed by atoms with van der Waals surface area (Å²) >= 11 is 0. The Kier molecular flexibility index (Phi) is 4.24. The molecule has 0 saturated heterocycles. The van der Waals surface area contributed by atoms with E-state index in [0.717, 1.165) is 47.2 Å². The van der Waals surface area contributed by atoms with Crippen LogP contribution in [-0.4, -0.2) is 29.1 Å². The van der Waals surface area contributed by atoms with E-state index >= 15 is 0 Å². The highest BCUT2D eigenvalue weighted by molar-refractivity contribution is 5.75. The van der Waals surface area contributed by atoms with Crippen molar-refractivity contribution in [2.24, 2.45) is 7.05 Å². The van der Waals surface area contributed by atoms with Crippen LogP contribution in [0.15, 0.2) is 48.9 Å². The van der Waals surface area contributed by atoms with Gasteiger partial charge in [-0.05, 0) is 18.2 Å². The quantitative estimate of drug-likeness (QED) is 0.554. The summed E-state index contributed by atoms with van der Waals surface area (Å²) in [6, 6.07) is 10.1. The smallest absolute Gasteiger partial charge is 0.158 e. The highest BCUT2D eigenvalue weighted by atomic mass is 15.1. The third kappa shape index (κ3) is 2.98. The monoisotopic (exact) mass is 346 g/mol. The van der Waals surface area contributed by atoms with Crippen LogP contribution in [0.5, 0.6) is 0 Å². The maximum absolute atomic E-state index is 4.76. The Morgan fingerprint density at radius 3 is 2.65 bits per heavy atom. The van der Waals surface area contributed by atoms with Gasteiger partial charge in [-0.1, -0.05) is 26.0 Å². The summed E-state index contributed by atoms with van der Waals surface area (Å²) in [5.41, 5.74) is 3.05. The molecule has 4 aromatic rings. The van der Waals surface area contributed by atoms with Crippen molar-refractivity contribution in [2.75, 3.05) is 0 Å². The maximum atomic E-state index is 4.76. The fourth-order valence-electron chi connectivity index (χ4n) is 3.14. The lowest BCUT2D eigenvalue weighted by atomic mass is 10.2. The van der Waals surface area contributed by atoms with Gasteiger partial charge in [-0.3, -0.25) is 0 Å². The van der Waals surface area contributed by atoms with E-state index in [9.17, 15) is 0 Å². The van der Waals surface area contributed by atoms with Crippen molar-refractivity contribution in [3.63, 3.8) is 0 Å². The predicted octanol–water partition coefficient (Wildman–Crippen LogP) is 3.59. The first-order valence-electron chi connectivity index (χ1n) is 8.88. The molecule has 0 spiro atoms. The van der Waals surface area contributed by atoms with Crippen molar-refractivity contribution in [1.29, 1.82) is 0 Å². The average molecular weight is 346 g/mol. The lowest BCUT2D eigenvalue weighted by Gasteiger charge is -2.09. The molecule has 0 N–H and O–H groups in total. The molecule has 132 valence electrons. The fourth-order valence-corrected chi connectivity index (χ4v) is 3.14. The summed E-state index contributed by atoms with van der Waals surface area (Å²) in [4.78, 5) is 18.3. The topological polar surface area (TPSA) is 61.4 Å². The van der Waals surface area contributed by atoms with E-state index in [1.54, 1.807) is 0 Å². The molecule has 3 aromatic heterocycles. The molecule has 4 rings (SSSR count). The second kappa shape index (κ2) is 6.71. The number of rotatable bonds is 5. The Bertz CT molecular complexity index is 1040. The minimum absolute atomic E-state index is 0.290. The molecule has 26 heavy (non-hydrogen) atoms. The first kappa shape index (κ1) is 16.4. The number of hydrogen-bond donors (Lipinski definition) is 0. The minimum atomic E-state index is 0.290. The van der Waals surface area contributed by atoms with Crippen LogP contribution in [0.3, 0.4) is 0 Å². The van der Waals surface area contributed by atoms with Gasteiger partial charge in [0.05, 0.1) is 11.0 Å². The Labute approximate surface area is 152 Å². The summed E-state index contributed by atoms with van der Waals surface area (Å²) in [6.45, 7) is 4.99. The van der Waals surface area contributed by atoms with Gasteiger partial charge < -0.3 is 9.13 Å². The second-order valence-corrected chi connectivity index (χ2v) is 6.72. The third-order valence-corrected chi connectivity index (χ3v) is 4.59. The van der Waals surface area contributed by atoms with Crippen LogP contribution in [0.1, 0.15) is 31.4 Å². The van der Waals surface area contributed by atoms with E-state index < -0.39 is 0 Å². The van der Waals surface area contributed by atoms with Crippen LogP contribution in [0.25, 0.3) is 22.6 Å². The van der Waals surface area contributed by atoms with E-state index in [-0.39, 0.29) is 0 Å². The first-order chi connectivity index (χ1) is 12.6. The second-order valence-electron chi connectivity index (χ2n) is 6.72. The zero-order valence-corrected chi connectivity index (χ0v) is 15.3. The van der Waals surface area contributed by atoms with Gasteiger partial charge in [0, 0.05) is 44.5 Å². The highest BCUT2D eigenvalue weighted by Gasteiger charge is 2.12. The number of benzene rings is 1. The summed E-state index contributed by atoms with van der Waals surface area (Å²) in [5.74, 6) is 3.07. The van der Waals surface area contributed by atoms with Gasteiger partial charge in [0.1, 0.15) is 17.3 Å². The van der Waals surface area contributed by atoms with Crippen LogP contribution >= 0.6 is 0 Å². The van der Waals surface area contributed by atoms with E-state index in [0.29, 0.717) is 5.92 Å². The molecular weight excluding hydrogens is 324 g/mol. The van der Waals surface area contributed by atoms with E-state index in [2.05, 4.69) is 57.1 Å². The van der Waals surface area contributed by atoms with Gasteiger partial charge in [0.25, 0.3) is 0 Å². The number of hydrogen-bond acceptors (Lipinski definition) is 4. The van der Waals surface area contributed by atoms with Gasteiger partial charge in [-0.25, -0.2) is 19.9 Å². The van der Waals surface area contributed by atoms with Crippen LogP contribution in [0.2, 0.25) is 0 Å². The molecule has 3 heterocycles. The lowest BCUT2D eigenvalue weighted by Crippen LogP contribution is -2.08. The molecule has 0 amide bonds. The molecule has 0 aliphatic heterocycles. The largest absolute Gasteiger partial charge is 0.331 e. The van der Waals surface area contributed by atoms with E-state index in [1.807, 2.05) is 36.8 Å². The molecule has 0 unspecified atom stereocenters. The number of aromatic nitrogens is 6. The molecule has 0 radical (unpaired) electrons. The zero-order chi connectivity index (χ0) is 18.1. The molecule has 0 fully saturated rings. The van der Waals surface area contributed by atoms with E-state index in [1.165, 1.54) is 0 Å². The molecule has 0 aliphatic carbocycles. The number of fused-ring (bicyclic) bond motifs is 1. The van der Waals surface area contributed by atoms with Crippen molar-refractivity contribution in [2.45, 2.75) is 32.7 Å². The highest BCUT2D eigenvalue weighted by Crippen LogP contribution is 2.19. The molecule has 0 atom stereocenters. The molecule has 0 saturated carbocycles. The van der Waals surface area contributed by atoms with Crippen molar-refractivity contribution >= 4 is 11.0 Å². The normalized spacial score (nSPS) is 11.5. The van der Waals surface area contributed by atoms with Gasteiger partial charge in [-0.15, -0.1) is 0 Å². The SMILES string of the molecule is CC(C)c1nccc(-c2nccn2CCc2nc3ccccc3n2C)n1. The molecule has 6 nitrogen and oxygen atoms in total. The van der Waals surface area contributed by atoms with Crippen molar-refractivity contribution in [1.82, 2.24) is 29.1 Å². The summed E-state index contributed by atoms with van der Waals surface area (Å²) in [5, 5.41) is 0. The number of imidazole rings is 2. The number of aryl methyl sites for hydroxylation is 3. The molecule has 1 aromatic carbocycles. The summed E-state index contributed by atoms with van der Waals surface area (Å²) < 4.78 is 4.29. The minimum Gasteiger partial charge on any atom is -0.331 e. The van der Waals surface area contributed by atoms with Gasteiger partial charge in [0.15, 0.2) is 5.82 Å². The number of nitrogens with zero attached hydrogens (tertiary/aromatic N) is 6. The lowest BCUT2D eigenvalue weighted by molar-refractivity contribution is 0.657. The van der Waals surface area contributed by atoms with E-state index in [4.69, 9.17) is 4.98 Å². The van der Waals surface area contributed by atoms with Gasteiger partial charge >= 0.3 is 0 Å². The predicted molar refractivity (Wildman–Crippen MR) is 102 cm³/mol. The summed E-state index contributed by atoms with van der Waals surface area (Å²) in [6.07, 6.45) is 6.45. The maximum Gasteiger partial charge on any atom is 0.158 e. The molecule has 6 heteroatoms. The van der Waals surface area contributed by atoms with Crippen LogP contribution in [-0.2, 0) is 20.0 Å². The third-order valence-electron chi connectivity index (χ3n) is 4.59. The Hall–Kier alpha value is -3.02. The Balaban J connectivity index is 1.59. The first-order valence-corrected chi connectivity index (χ1v) is 8.88. The van der Waals surface area contributed by atoms with Crippen molar-refractivity contribution in [3.05, 3.63) is 60.6 Å².